The van der Waals surface area contributed by atoms with Gasteiger partial charge in [-0.15, -0.1) is 0 Å². The summed E-state index contributed by atoms with van der Waals surface area (Å²) in [7, 11) is 0. The van der Waals surface area contributed by atoms with Gasteiger partial charge in [0, 0.05) is 18.7 Å². The zero-order valence-electron chi connectivity index (χ0n) is 10.7. The van der Waals surface area contributed by atoms with E-state index in [1.54, 1.807) is 24.3 Å². The predicted octanol–water partition coefficient (Wildman–Crippen LogP) is 2.21. The second-order valence-corrected chi connectivity index (χ2v) is 5.01. The van der Waals surface area contributed by atoms with E-state index in [2.05, 4.69) is 11.8 Å². The Hall–Kier alpha value is -1.39. The Balaban J connectivity index is 1.88. The maximum absolute atomic E-state index is 11.9. The van der Waals surface area contributed by atoms with Gasteiger partial charge in [-0.05, 0) is 30.9 Å². The maximum Gasteiger partial charge on any atom is 0.278 e. The van der Waals surface area contributed by atoms with E-state index in [1.165, 1.54) is 0 Å². The molecule has 1 fully saturated rings. The van der Waals surface area contributed by atoms with E-state index in [4.69, 9.17) is 0 Å². The van der Waals surface area contributed by atoms with Gasteiger partial charge in [-0.3, -0.25) is 14.9 Å². The van der Waals surface area contributed by atoms with Crippen molar-refractivity contribution in [3.63, 3.8) is 0 Å². The molecule has 0 atom stereocenters. The monoisotopic (exact) mass is 248 g/mol. The molecule has 0 aromatic heterocycles. The summed E-state index contributed by atoms with van der Waals surface area (Å²) in [6.45, 7) is 4.42. The Kier molecular flexibility index (Phi) is 4.33. The Labute approximate surface area is 108 Å². The molecule has 18 heavy (non-hydrogen) atoms. The zero-order chi connectivity index (χ0) is 13.0. The minimum Gasteiger partial charge on any atom is -0.284 e. The lowest BCUT2D eigenvalue weighted by Crippen LogP contribution is -2.43. The van der Waals surface area contributed by atoms with Crippen molar-refractivity contribution in [2.45, 2.75) is 19.8 Å². The van der Waals surface area contributed by atoms with Crippen LogP contribution in [0.15, 0.2) is 30.3 Å². The van der Waals surface area contributed by atoms with Crippen LogP contribution in [-0.2, 0) is 0 Å². The highest BCUT2D eigenvalue weighted by molar-refractivity contribution is 5.93. The van der Waals surface area contributed by atoms with Gasteiger partial charge in [0.15, 0.2) is 0 Å². The third-order valence-electron chi connectivity index (χ3n) is 3.47. The second-order valence-electron chi connectivity index (χ2n) is 5.01. The van der Waals surface area contributed by atoms with Crippen molar-refractivity contribution in [3.05, 3.63) is 35.9 Å². The molecule has 0 spiro atoms. The smallest absolute Gasteiger partial charge is 0.278 e. The van der Waals surface area contributed by atoms with Crippen LogP contribution in [0, 0.1) is 5.92 Å². The van der Waals surface area contributed by atoms with Crippen molar-refractivity contribution in [1.29, 1.82) is 0 Å². The van der Waals surface area contributed by atoms with E-state index < -0.39 is 0 Å². The number of hydrogen-bond acceptors (Lipinski definition) is 3. The first-order chi connectivity index (χ1) is 8.66. The fourth-order valence-corrected chi connectivity index (χ4v) is 2.19. The molecule has 2 rings (SSSR count). The molecule has 1 heterocycles. The van der Waals surface area contributed by atoms with Crippen LogP contribution in [-0.4, -0.2) is 40.8 Å². The van der Waals surface area contributed by atoms with E-state index in [0.717, 1.165) is 36.9 Å². The van der Waals surface area contributed by atoms with Crippen LogP contribution in [0.4, 0.5) is 0 Å². The van der Waals surface area contributed by atoms with Crippen molar-refractivity contribution < 1.29 is 10.0 Å². The second kappa shape index (κ2) is 5.98. The van der Waals surface area contributed by atoms with Gasteiger partial charge in [-0.25, -0.2) is 5.06 Å². The summed E-state index contributed by atoms with van der Waals surface area (Å²) in [6.07, 6.45) is 2.26. The lowest BCUT2D eigenvalue weighted by Gasteiger charge is -2.32. The van der Waals surface area contributed by atoms with Gasteiger partial charge < -0.3 is 0 Å². The van der Waals surface area contributed by atoms with E-state index in [0.29, 0.717) is 12.2 Å². The molecule has 4 heteroatoms. The van der Waals surface area contributed by atoms with Gasteiger partial charge in [-0.1, -0.05) is 25.1 Å². The van der Waals surface area contributed by atoms with Crippen LogP contribution < -0.4 is 0 Å². The topological polar surface area (TPSA) is 43.8 Å². The van der Waals surface area contributed by atoms with Crippen molar-refractivity contribution in [3.8, 4) is 0 Å². The Morgan fingerprint density at radius 3 is 2.56 bits per heavy atom. The van der Waals surface area contributed by atoms with E-state index in [-0.39, 0.29) is 5.91 Å². The highest BCUT2D eigenvalue weighted by Gasteiger charge is 2.20. The third-order valence-corrected chi connectivity index (χ3v) is 3.47. The van der Waals surface area contributed by atoms with Crippen molar-refractivity contribution in [2.24, 2.45) is 5.92 Å². The van der Waals surface area contributed by atoms with Crippen molar-refractivity contribution >= 4 is 5.91 Å². The fraction of sp³-hybridized carbons (Fsp3) is 0.500. The molecule has 4 nitrogen and oxygen atoms in total. The normalized spacial score (nSPS) is 17.7. The summed E-state index contributed by atoms with van der Waals surface area (Å²) in [5.74, 6) is 0.410. The Morgan fingerprint density at radius 2 is 1.94 bits per heavy atom. The van der Waals surface area contributed by atoms with Crippen LogP contribution in [0.3, 0.4) is 0 Å². The summed E-state index contributed by atoms with van der Waals surface area (Å²) < 4.78 is 0. The van der Waals surface area contributed by atoms with E-state index >= 15 is 0 Å². The molecule has 1 N–H and O–H groups in total. The largest absolute Gasteiger partial charge is 0.284 e. The Morgan fingerprint density at radius 1 is 1.33 bits per heavy atom. The first-order valence-corrected chi connectivity index (χ1v) is 6.45. The maximum atomic E-state index is 11.9. The molecule has 98 valence electrons. The average molecular weight is 248 g/mol. The molecular weight excluding hydrogens is 228 g/mol. The standard InChI is InChI=1S/C14H20N2O2/c1-12-7-9-15(10-8-12)11-16(18)14(17)13-5-3-2-4-6-13/h2-6,12,18H,7-11H2,1H3. The first kappa shape index (κ1) is 13.1. The highest BCUT2D eigenvalue weighted by atomic mass is 16.5. The molecule has 1 aromatic rings. The molecule has 1 saturated heterocycles. The number of hydroxylamine groups is 2. The van der Waals surface area contributed by atoms with Gasteiger partial charge in [0.1, 0.15) is 6.67 Å². The number of carbonyl (C=O) groups excluding carboxylic acids is 1. The van der Waals surface area contributed by atoms with Crippen LogP contribution in [0.5, 0.6) is 0 Å². The number of piperidine rings is 1. The predicted molar refractivity (Wildman–Crippen MR) is 69.2 cm³/mol. The number of hydrogen-bond donors (Lipinski definition) is 1. The quantitative estimate of drug-likeness (QED) is 0.659. The number of nitrogens with zero attached hydrogens (tertiary/aromatic N) is 2. The van der Waals surface area contributed by atoms with Gasteiger partial charge in [0.25, 0.3) is 5.91 Å². The molecule has 0 bridgehead atoms. The summed E-state index contributed by atoms with van der Waals surface area (Å²) in [4.78, 5) is 14.0. The molecule has 1 amide bonds. The SMILES string of the molecule is CC1CCN(CN(O)C(=O)c2ccccc2)CC1. The summed E-state index contributed by atoms with van der Waals surface area (Å²) in [5, 5.41) is 10.6. The lowest BCUT2D eigenvalue weighted by atomic mass is 10.00. The molecule has 0 saturated carbocycles. The van der Waals surface area contributed by atoms with Gasteiger partial charge in [-0.2, -0.15) is 0 Å². The van der Waals surface area contributed by atoms with Crippen LogP contribution in [0.1, 0.15) is 30.1 Å². The van der Waals surface area contributed by atoms with Crippen molar-refractivity contribution in [1.82, 2.24) is 9.96 Å². The van der Waals surface area contributed by atoms with Crippen LogP contribution in [0.25, 0.3) is 0 Å². The van der Waals surface area contributed by atoms with Crippen LogP contribution >= 0.6 is 0 Å². The molecule has 1 aliphatic rings. The van der Waals surface area contributed by atoms with Gasteiger partial charge in [0.05, 0.1) is 0 Å². The molecule has 1 aromatic carbocycles. The number of amides is 1. The van der Waals surface area contributed by atoms with Gasteiger partial charge >= 0.3 is 0 Å². The minimum absolute atomic E-state index is 0.292. The molecule has 0 radical (unpaired) electrons. The third kappa shape index (κ3) is 3.31. The molecular formula is C14H20N2O2. The molecule has 1 aliphatic heterocycles. The zero-order valence-corrected chi connectivity index (χ0v) is 10.7. The lowest BCUT2D eigenvalue weighted by molar-refractivity contribution is -0.0930. The summed E-state index contributed by atoms with van der Waals surface area (Å²) in [6, 6.07) is 8.87. The molecule has 0 aliphatic carbocycles. The minimum atomic E-state index is -0.339. The van der Waals surface area contributed by atoms with Crippen molar-refractivity contribution in [2.75, 3.05) is 19.8 Å². The fourth-order valence-electron chi connectivity index (χ4n) is 2.19. The Bertz CT molecular complexity index is 386. The van der Waals surface area contributed by atoms with E-state index in [9.17, 15) is 10.0 Å². The first-order valence-electron chi connectivity index (χ1n) is 6.45. The molecule has 0 unspecified atom stereocenters. The number of rotatable bonds is 3. The summed E-state index contributed by atoms with van der Waals surface area (Å²) >= 11 is 0. The summed E-state index contributed by atoms with van der Waals surface area (Å²) in [5.41, 5.74) is 0.519. The highest BCUT2D eigenvalue weighted by Crippen LogP contribution is 2.16. The van der Waals surface area contributed by atoms with Crippen LogP contribution in [0.2, 0.25) is 0 Å². The number of benzene rings is 1. The number of likely N-dealkylation sites (tertiary alicyclic amines) is 1. The van der Waals surface area contributed by atoms with E-state index in [1.807, 2.05) is 6.07 Å². The van der Waals surface area contributed by atoms with Gasteiger partial charge in [0.2, 0.25) is 0 Å². The number of carbonyl (C=O) groups is 1. The average Bonchev–Trinajstić information content (AvgIpc) is 2.41.